The van der Waals surface area contributed by atoms with E-state index in [0.717, 1.165) is 62.1 Å². The van der Waals surface area contributed by atoms with Crippen molar-refractivity contribution in [3.8, 4) is 5.75 Å². The number of aryl methyl sites for hydroxylation is 1. The molecule has 36 heavy (non-hydrogen) atoms. The van der Waals surface area contributed by atoms with Crippen molar-refractivity contribution in [3.05, 3.63) is 47.8 Å². The number of likely N-dealkylation sites (tertiary alicyclic amines) is 1. The maximum absolute atomic E-state index is 13.5. The van der Waals surface area contributed by atoms with E-state index in [2.05, 4.69) is 29.9 Å². The molecule has 2 aliphatic rings. The number of aromatic nitrogens is 2. The normalized spacial score (nSPS) is 21.3. The van der Waals surface area contributed by atoms with Gasteiger partial charge in [-0.15, -0.1) is 0 Å². The molecule has 0 aliphatic carbocycles. The number of fused-ring (bicyclic) bond motifs is 1. The van der Waals surface area contributed by atoms with E-state index in [0.29, 0.717) is 26.1 Å². The number of benzene rings is 1. The first-order valence-corrected chi connectivity index (χ1v) is 13.5. The molecule has 1 fully saturated rings. The second kappa shape index (κ2) is 12.4. The van der Waals surface area contributed by atoms with Crippen LogP contribution in [0.4, 0.5) is 0 Å². The van der Waals surface area contributed by atoms with Crippen LogP contribution >= 0.6 is 0 Å². The number of ether oxygens (including phenoxy) is 1. The maximum Gasteiger partial charge on any atom is 0.308 e. The van der Waals surface area contributed by atoms with E-state index in [4.69, 9.17) is 4.74 Å². The average molecular weight is 497 g/mol. The molecule has 1 amide bonds. The molecule has 3 heterocycles. The van der Waals surface area contributed by atoms with Crippen molar-refractivity contribution < 1.29 is 19.4 Å². The highest BCUT2D eigenvalue weighted by molar-refractivity contribution is 5.79. The molecule has 0 spiro atoms. The van der Waals surface area contributed by atoms with Crippen molar-refractivity contribution in [1.82, 2.24) is 19.6 Å². The van der Waals surface area contributed by atoms with Crippen molar-refractivity contribution >= 4 is 11.9 Å². The van der Waals surface area contributed by atoms with Crippen molar-refractivity contribution in [2.24, 2.45) is 5.92 Å². The lowest BCUT2D eigenvalue weighted by molar-refractivity contribution is -0.144. The first kappa shape index (κ1) is 26.2. The van der Waals surface area contributed by atoms with Gasteiger partial charge in [-0.1, -0.05) is 38.8 Å². The fourth-order valence-electron chi connectivity index (χ4n) is 5.66. The summed E-state index contributed by atoms with van der Waals surface area (Å²) in [5, 5.41) is 14.7. The van der Waals surface area contributed by atoms with Crippen LogP contribution in [0.5, 0.6) is 5.75 Å². The molecule has 1 N–H and O–H groups in total. The first-order chi connectivity index (χ1) is 17.5. The third-order valence-corrected chi connectivity index (χ3v) is 7.64. The molecule has 0 unspecified atom stereocenters. The van der Waals surface area contributed by atoms with Gasteiger partial charge in [-0.05, 0) is 42.5 Å². The Morgan fingerprint density at radius 3 is 2.64 bits per heavy atom. The third kappa shape index (κ3) is 6.09. The van der Waals surface area contributed by atoms with Crippen LogP contribution in [0.1, 0.15) is 63.0 Å². The van der Waals surface area contributed by atoms with Gasteiger partial charge in [0.2, 0.25) is 5.91 Å². The van der Waals surface area contributed by atoms with Crippen molar-refractivity contribution in [2.75, 3.05) is 32.8 Å². The lowest BCUT2D eigenvalue weighted by atomic mass is 9.83. The first-order valence-electron chi connectivity index (χ1n) is 13.5. The molecule has 2 aliphatic heterocycles. The maximum atomic E-state index is 13.5. The molecule has 8 heteroatoms. The van der Waals surface area contributed by atoms with E-state index >= 15 is 0 Å². The van der Waals surface area contributed by atoms with Gasteiger partial charge in [-0.2, -0.15) is 5.10 Å². The Morgan fingerprint density at radius 2 is 1.97 bits per heavy atom. The molecule has 196 valence electrons. The van der Waals surface area contributed by atoms with E-state index in [1.807, 2.05) is 34.0 Å². The number of hydrogen-bond acceptors (Lipinski definition) is 5. The SMILES string of the molecule is CCCCN(CCCC)C(=O)CN1C[C@H](c2ccc3c(c2)CCO3)[C@@H](C(=O)O)[C@@H]1CCn1cccn1. The third-order valence-electron chi connectivity index (χ3n) is 7.64. The number of hydrogen-bond donors (Lipinski definition) is 1. The topological polar surface area (TPSA) is 87.9 Å². The summed E-state index contributed by atoms with van der Waals surface area (Å²) in [4.78, 5) is 30.2. The predicted molar refractivity (Wildman–Crippen MR) is 138 cm³/mol. The van der Waals surface area contributed by atoms with Crippen LogP contribution in [-0.2, 0) is 22.6 Å². The smallest absolute Gasteiger partial charge is 0.308 e. The van der Waals surface area contributed by atoms with Gasteiger partial charge in [0.25, 0.3) is 0 Å². The number of carbonyl (C=O) groups excluding carboxylic acids is 1. The largest absolute Gasteiger partial charge is 0.493 e. The molecule has 4 rings (SSSR count). The highest BCUT2D eigenvalue weighted by Gasteiger charge is 2.47. The Hall–Kier alpha value is -2.87. The molecule has 0 radical (unpaired) electrons. The lowest BCUT2D eigenvalue weighted by Crippen LogP contribution is -2.45. The summed E-state index contributed by atoms with van der Waals surface area (Å²) in [5.74, 6) is -0.565. The minimum atomic E-state index is -0.800. The van der Waals surface area contributed by atoms with E-state index in [9.17, 15) is 14.7 Å². The molecule has 8 nitrogen and oxygen atoms in total. The number of carbonyl (C=O) groups is 2. The van der Waals surface area contributed by atoms with E-state index in [1.165, 1.54) is 0 Å². The number of aliphatic carboxylic acids is 1. The van der Waals surface area contributed by atoms with Gasteiger partial charge in [0.1, 0.15) is 5.75 Å². The Balaban J connectivity index is 1.58. The highest BCUT2D eigenvalue weighted by atomic mass is 16.5. The number of amides is 1. The van der Waals surface area contributed by atoms with Crippen LogP contribution < -0.4 is 4.74 Å². The molecule has 1 aromatic carbocycles. The fraction of sp³-hybridized carbons (Fsp3) is 0.607. The Bertz CT molecular complexity index is 1000. The van der Waals surface area contributed by atoms with Gasteiger partial charge in [-0.25, -0.2) is 0 Å². The number of carboxylic acid groups (broad SMARTS) is 1. The molecule has 1 aromatic heterocycles. The van der Waals surface area contributed by atoms with Crippen LogP contribution in [0.2, 0.25) is 0 Å². The number of rotatable bonds is 13. The molecule has 0 bridgehead atoms. The zero-order valence-corrected chi connectivity index (χ0v) is 21.6. The Morgan fingerprint density at radius 1 is 1.19 bits per heavy atom. The van der Waals surface area contributed by atoms with Gasteiger partial charge < -0.3 is 14.7 Å². The summed E-state index contributed by atoms with van der Waals surface area (Å²) < 4.78 is 7.51. The van der Waals surface area contributed by atoms with Gasteiger partial charge in [0.05, 0.1) is 19.1 Å². The van der Waals surface area contributed by atoms with Crippen LogP contribution in [0.25, 0.3) is 0 Å². The molecular formula is C28H40N4O4. The van der Waals surface area contributed by atoms with Gasteiger partial charge in [0, 0.05) is 57.0 Å². The Kier molecular flexibility index (Phi) is 9.02. The molecule has 3 atom stereocenters. The summed E-state index contributed by atoms with van der Waals surface area (Å²) >= 11 is 0. The standard InChI is InChI=1S/C28H40N4O4/c1-3-5-13-30(14-6-4-2)26(33)20-31-19-23(21-8-9-25-22(18-21)11-17-36-25)27(28(34)35)24(31)10-16-32-15-7-12-29-32/h7-9,12,15,18,23-24,27H,3-6,10-11,13-14,16-17,19-20H2,1-2H3,(H,34,35)/t23-,24+,27-/m1/s1. The summed E-state index contributed by atoms with van der Waals surface area (Å²) in [6.07, 6.45) is 9.15. The van der Waals surface area contributed by atoms with E-state index < -0.39 is 11.9 Å². The van der Waals surface area contributed by atoms with Crippen LogP contribution in [0.15, 0.2) is 36.7 Å². The molecule has 2 aromatic rings. The van der Waals surface area contributed by atoms with Crippen LogP contribution in [-0.4, -0.2) is 75.4 Å². The van der Waals surface area contributed by atoms with Crippen LogP contribution in [0, 0.1) is 5.92 Å². The molecule has 1 saturated heterocycles. The van der Waals surface area contributed by atoms with Crippen molar-refractivity contribution in [2.45, 2.75) is 70.9 Å². The van der Waals surface area contributed by atoms with E-state index in [1.54, 1.807) is 6.20 Å². The van der Waals surface area contributed by atoms with Crippen molar-refractivity contribution in [3.63, 3.8) is 0 Å². The van der Waals surface area contributed by atoms with Gasteiger partial charge in [0.15, 0.2) is 0 Å². The molecule has 0 saturated carbocycles. The highest BCUT2D eigenvalue weighted by Crippen LogP contribution is 2.41. The summed E-state index contributed by atoms with van der Waals surface area (Å²) in [5.41, 5.74) is 2.17. The number of unbranched alkanes of at least 4 members (excludes halogenated alkanes) is 2. The summed E-state index contributed by atoms with van der Waals surface area (Å²) in [6.45, 7) is 7.90. The zero-order valence-electron chi connectivity index (χ0n) is 21.6. The minimum Gasteiger partial charge on any atom is -0.493 e. The quantitative estimate of drug-likeness (QED) is 0.454. The number of carboxylic acids is 1. The molecular weight excluding hydrogens is 456 g/mol. The zero-order chi connectivity index (χ0) is 25.5. The van der Waals surface area contributed by atoms with Crippen molar-refractivity contribution in [1.29, 1.82) is 0 Å². The second-order valence-corrected chi connectivity index (χ2v) is 10.1. The van der Waals surface area contributed by atoms with Crippen LogP contribution in [0.3, 0.4) is 0 Å². The average Bonchev–Trinajstić information content (AvgIpc) is 3.62. The van der Waals surface area contributed by atoms with Gasteiger partial charge >= 0.3 is 5.97 Å². The number of nitrogens with zero attached hydrogens (tertiary/aromatic N) is 4. The predicted octanol–water partition coefficient (Wildman–Crippen LogP) is 3.81. The Labute approximate surface area is 214 Å². The minimum absolute atomic E-state index is 0.105. The monoisotopic (exact) mass is 496 g/mol. The summed E-state index contributed by atoms with van der Waals surface area (Å²) in [7, 11) is 0. The fourth-order valence-corrected chi connectivity index (χ4v) is 5.66. The van der Waals surface area contributed by atoms with E-state index in [-0.39, 0.29) is 24.4 Å². The summed E-state index contributed by atoms with van der Waals surface area (Å²) in [6, 6.07) is 7.73. The second-order valence-electron chi connectivity index (χ2n) is 10.1. The lowest BCUT2D eigenvalue weighted by Gasteiger charge is -2.29. The van der Waals surface area contributed by atoms with Gasteiger partial charge in [-0.3, -0.25) is 19.2 Å².